The Morgan fingerprint density at radius 1 is 0.423 bits per heavy atom. The third-order valence-electron chi connectivity index (χ3n) is 4.57. The maximum atomic E-state index is 9.75. The Labute approximate surface area is 150 Å². The van der Waals surface area contributed by atoms with Crippen molar-refractivity contribution in [1.29, 1.82) is 0 Å². The third-order valence-corrected chi connectivity index (χ3v) is 4.57. The Balaban J connectivity index is 0.000000349. The summed E-state index contributed by atoms with van der Waals surface area (Å²) < 4.78 is 39.0. The van der Waals surface area contributed by atoms with Crippen molar-refractivity contribution >= 4 is 7.25 Å². The predicted octanol–water partition coefficient (Wildman–Crippen LogP) is 6.65. The van der Waals surface area contributed by atoms with E-state index < -0.39 is 7.25 Å². The lowest BCUT2D eigenvalue weighted by Gasteiger charge is -2.00. The van der Waals surface area contributed by atoms with E-state index in [0.717, 1.165) is 0 Å². The average Bonchev–Trinajstić information content (AvgIpc) is 3.38. The molecule has 26 heavy (non-hydrogen) atoms. The molecule has 0 bridgehead atoms. The van der Waals surface area contributed by atoms with Crippen LogP contribution in [0.25, 0.3) is 0 Å². The van der Waals surface area contributed by atoms with Gasteiger partial charge in [-0.2, -0.15) is 0 Å². The van der Waals surface area contributed by atoms with Crippen LogP contribution < -0.4 is 0 Å². The first-order valence-corrected chi connectivity index (χ1v) is 8.47. The molecule has 1 aliphatic rings. The van der Waals surface area contributed by atoms with Crippen LogP contribution in [0.15, 0.2) is 91.0 Å². The van der Waals surface area contributed by atoms with E-state index in [1.165, 1.54) is 16.7 Å². The molecule has 1 aliphatic carbocycles. The molecule has 0 radical (unpaired) electrons. The van der Waals surface area contributed by atoms with E-state index in [9.17, 15) is 17.3 Å². The SMILES string of the molecule is F[B-](F)(F)F.c1ccc(C2C(c3ccccc3)C2c2ccccc2)cc1. The molecule has 1 saturated carbocycles. The molecular formula is C21H18BF4-. The van der Waals surface area contributed by atoms with Gasteiger partial charge in [-0.15, -0.1) is 0 Å². The quantitative estimate of drug-likeness (QED) is 0.364. The van der Waals surface area contributed by atoms with Crippen molar-refractivity contribution in [3.63, 3.8) is 0 Å². The van der Waals surface area contributed by atoms with Crippen LogP contribution in [0.1, 0.15) is 34.4 Å². The van der Waals surface area contributed by atoms with Crippen LogP contribution in [0.4, 0.5) is 17.3 Å². The predicted molar refractivity (Wildman–Crippen MR) is 97.7 cm³/mol. The summed E-state index contributed by atoms with van der Waals surface area (Å²) in [6, 6.07) is 32.8. The lowest BCUT2D eigenvalue weighted by atomic mass is 10.0. The van der Waals surface area contributed by atoms with E-state index >= 15 is 0 Å². The Bertz CT molecular complexity index is 688. The van der Waals surface area contributed by atoms with Crippen molar-refractivity contribution in [3.8, 4) is 0 Å². The second-order valence-electron chi connectivity index (χ2n) is 6.30. The van der Waals surface area contributed by atoms with Crippen molar-refractivity contribution in [2.24, 2.45) is 0 Å². The largest absolute Gasteiger partial charge is 0.673 e. The Kier molecular flexibility index (Phi) is 5.45. The van der Waals surface area contributed by atoms with Gasteiger partial charge in [0.1, 0.15) is 0 Å². The summed E-state index contributed by atoms with van der Waals surface area (Å²) in [6.45, 7) is 0. The Morgan fingerprint density at radius 3 is 0.808 bits per heavy atom. The van der Waals surface area contributed by atoms with Crippen LogP contribution in [0, 0.1) is 0 Å². The summed E-state index contributed by atoms with van der Waals surface area (Å²) in [6.07, 6.45) is 0. The lowest BCUT2D eigenvalue weighted by molar-refractivity contribution is 0.368. The van der Waals surface area contributed by atoms with Crippen LogP contribution in [-0.4, -0.2) is 7.25 Å². The van der Waals surface area contributed by atoms with E-state index in [4.69, 9.17) is 0 Å². The van der Waals surface area contributed by atoms with Crippen LogP contribution in [0.3, 0.4) is 0 Å². The number of rotatable bonds is 3. The number of hydrogen-bond acceptors (Lipinski definition) is 0. The highest BCUT2D eigenvalue weighted by Crippen LogP contribution is 2.65. The summed E-state index contributed by atoms with van der Waals surface area (Å²) in [5.74, 6) is 1.82. The van der Waals surface area contributed by atoms with Gasteiger partial charge in [0.05, 0.1) is 0 Å². The van der Waals surface area contributed by atoms with Crippen molar-refractivity contribution in [1.82, 2.24) is 0 Å². The van der Waals surface area contributed by atoms with E-state index in [2.05, 4.69) is 91.0 Å². The highest BCUT2D eigenvalue weighted by molar-refractivity contribution is 6.50. The molecule has 0 amide bonds. The molecule has 0 unspecified atom stereocenters. The van der Waals surface area contributed by atoms with Gasteiger partial charge in [0.25, 0.3) is 0 Å². The first kappa shape index (κ1) is 18.2. The molecule has 3 aromatic rings. The fourth-order valence-electron chi connectivity index (χ4n) is 3.58. The van der Waals surface area contributed by atoms with Crippen molar-refractivity contribution < 1.29 is 17.3 Å². The molecule has 3 aromatic carbocycles. The minimum absolute atomic E-state index is 0.607. The number of hydrogen-bond donors (Lipinski definition) is 0. The van der Waals surface area contributed by atoms with Gasteiger partial charge in [0.15, 0.2) is 0 Å². The highest BCUT2D eigenvalue weighted by atomic mass is 19.5. The summed E-state index contributed by atoms with van der Waals surface area (Å²) in [5.41, 5.74) is 4.38. The smallest absolute Gasteiger partial charge is 0.418 e. The van der Waals surface area contributed by atoms with Crippen LogP contribution in [0.5, 0.6) is 0 Å². The fraction of sp³-hybridized carbons (Fsp3) is 0.143. The zero-order valence-corrected chi connectivity index (χ0v) is 14.0. The van der Waals surface area contributed by atoms with Crippen molar-refractivity contribution in [3.05, 3.63) is 108 Å². The molecule has 4 rings (SSSR count). The second kappa shape index (κ2) is 7.77. The van der Waals surface area contributed by atoms with Gasteiger partial charge < -0.3 is 17.3 Å². The van der Waals surface area contributed by atoms with E-state index in [1.807, 2.05) is 0 Å². The molecule has 0 aliphatic heterocycles. The molecule has 134 valence electrons. The first-order valence-electron chi connectivity index (χ1n) is 8.47. The van der Waals surface area contributed by atoms with E-state index in [1.54, 1.807) is 0 Å². The Morgan fingerprint density at radius 2 is 0.615 bits per heavy atom. The maximum Gasteiger partial charge on any atom is 0.673 e. The standard InChI is InChI=1S/C21H18.BF4/c1-4-10-16(11-5-1)19-20(17-12-6-2-7-13-17)21(19)18-14-8-3-9-15-18;2-1(3,4)5/h1-15,19-21H;/q;-1. The van der Waals surface area contributed by atoms with Gasteiger partial charge in [-0.3, -0.25) is 0 Å². The zero-order chi connectivity index (χ0) is 18.6. The molecule has 0 atom stereocenters. The van der Waals surface area contributed by atoms with Gasteiger partial charge in [0.2, 0.25) is 0 Å². The van der Waals surface area contributed by atoms with Crippen LogP contribution in [0.2, 0.25) is 0 Å². The molecule has 0 aromatic heterocycles. The van der Waals surface area contributed by atoms with Gasteiger partial charge in [-0.05, 0) is 34.4 Å². The fourth-order valence-corrected chi connectivity index (χ4v) is 3.58. The lowest BCUT2D eigenvalue weighted by Crippen LogP contribution is -2.02. The van der Waals surface area contributed by atoms with Gasteiger partial charge in [0, 0.05) is 0 Å². The summed E-state index contributed by atoms with van der Waals surface area (Å²) >= 11 is 0. The van der Waals surface area contributed by atoms with Crippen molar-refractivity contribution in [2.75, 3.05) is 0 Å². The van der Waals surface area contributed by atoms with Crippen LogP contribution in [-0.2, 0) is 0 Å². The topological polar surface area (TPSA) is 0 Å². The van der Waals surface area contributed by atoms with E-state index in [0.29, 0.717) is 17.8 Å². The van der Waals surface area contributed by atoms with Gasteiger partial charge >= 0.3 is 7.25 Å². The normalized spacial score (nSPS) is 21.5. The third kappa shape index (κ3) is 4.75. The minimum atomic E-state index is -6.00. The molecule has 0 heterocycles. The van der Waals surface area contributed by atoms with Crippen LogP contribution >= 0.6 is 0 Å². The molecule has 0 spiro atoms. The molecule has 0 nitrogen and oxygen atoms in total. The summed E-state index contributed by atoms with van der Waals surface area (Å²) in [5, 5.41) is 0. The zero-order valence-electron chi connectivity index (χ0n) is 14.0. The maximum absolute atomic E-state index is 9.75. The van der Waals surface area contributed by atoms with Crippen molar-refractivity contribution in [2.45, 2.75) is 17.8 Å². The molecule has 5 heteroatoms. The number of halogens is 4. The first-order chi connectivity index (χ1) is 12.4. The summed E-state index contributed by atoms with van der Waals surface area (Å²) in [7, 11) is -6.00. The molecule has 0 N–H and O–H groups in total. The van der Waals surface area contributed by atoms with Gasteiger partial charge in [-0.1, -0.05) is 91.0 Å². The van der Waals surface area contributed by atoms with Gasteiger partial charge in [-0.25, -0.2) is 0 Å². The second-order valence-corrected chi connectivity index (χ2v) is 6.30. The van der Waals surface area contributed by atoms with E-state index in [-0.39, 0.29) is 0 Å². The molecule has 0 saturated heterocycles. The average molecular weight is 357 g/mol. The monoisotopic (exact) mass is 357 g/mol. The number of benzene rings is 3. The summed E-state index contributed by atoms with van der Waals surface area (Å²) in [4.78, 5) is 0. The molecule has 1 fully saturated rings. The minimum Gasteiger partial charge on any atom is -0.418 e. The molecular weight excluding hydrogens is 339 g/mol. The highest BCUT2D eigenvalue weighted by Gasteiger charge is 2.52. The Hall–Kier alpha value is -2.56.